The topological polar surface area (TPSA) is 29.5 Å². The zero-order chi connectivity index (χ0) is 16.5. The highest BCUT2D eigenvalue weighted by molar-refractivity contribution is 5.25. The van der Waals surface area contributed by atoms with Crippen LogP contribution in [0.4, 0.5) is 0 Å². The smallest absolute Gasteiger partial charge is 0.0628 e. The summed E-state index contributed by atoms with van der Waals surface area (Å²) in [6.07, 6.45) is 12.6. The van der Waals surface area contributed by atoms with Crippen molar-refractivity contribution in [2.75, 3.05) is 7.11 Å². The fraction of sp³-hybridized carbons (Fsp3) is 0.905. The van der Waals surface area contributed by atoms with E-state index in [0.717, 1.165) is 31.1 Å². The van der Waals surface area contributed by atoms with Crippen LogP contribution < -0.4 is 0 Å². The minimum atomic E-state index is -0.438. The maximum absolute atomic E-state index is 10.7. The molecule has 0 saturated heterocycles. The Bertz CT molecular complexity index is 522. The van der Waals surface area contributed by atoms with Crippen LogP contribution in [0.5, 0.6) is 0 Å². The molecule has 0 unspecified atom stereocenters. The molecule has 0 aromatic carbocycles. The quantitative estimate of drug-likeness (QED) is 0.709. The molecule has 0 bridgehead atoms. The average Bonchev–Trinajstić information content (AvgIpc) is 2.75. The molecule has 0 aromatic rings. The first-order valence-electron chi connectivity index (χ1n) is 9.72. The standard InChI is InChI=1S/C21H34O2/c1-19-9-8-17-16(18(19)12-20(2,22)13-19)6-5-14-11-15(23-4)7-10-21(14,17)3/h5,15-18,22H,6-13H2,1-4H3/t15-,16-,17+,18+,19-,20-,21+/m1/s1. The number of allylic oxidation sites excluding steroid dienone is 1. The van der Waals surface area contributed by atoms with Crippen molar-refractivity contribution in [3.63, 3.8) is 0 Å². The van der Waals surface area contributed by atoms with Gasteiger partial charge in [0.2, 0.25) is 0 Å². The molecule has 0 heterocycles. The molecule has 130 valence electrons. The van der Waals surface area contributed by atoms with Crippen molar-refractivity contribution in [3.05, 3.63) is 11.6 Å². The van der Waals surface area contributed by atoms with Gasteiger partial charge in [-0.05, 0) is 86.9 Å². The van der Waals surface area contributed by atoms with E-state index >= 15 is 0 Å². The number of ether oxygens (including phenoxy) is 1. The second kappa shape index (κ2) is 5.08. The molecule has 0 aromatic heterocycles. The van der Waals surface area contributed by atoms with E-state index in [2.05, 4.69) is 26.8 Å². The molecule has 23 heavy (non-hydrogen) atoms. The third-order valence-corrected chi connectivity index (χ3v) is 8.35. The molecule has 2 nitrogen and oxygen atoms in total. The molecule has 1 N–H and O–H groups in total. The lowest BCUT2D eigenvalue weighted by molar-refractivity contribution is -0.0409. The molecule has 3 saturated carbocycles. The second-order valence-electron chi connectivity index (χ2n) is 9.93. The summed E-state index contributed by atoms with van der Waals surface area (Å²) in [5, 5.41) is 10.7. The molecule has 4 rings (SSSR count). The van der Waals surface area contributed by atoms with Crippen LogP contribution in [0, 0.1) is 28.6 Å². The minimum Gasteiger partial charge on any atom is -0.390 e. The first-order valence-corrected chi connectivity index (χ1v) is 9.72. The summed E-state index contributed by atoms with van der Waals surface area (Å²) in [5.41, 5.74) is 2.02. The van der Waals surface area contributed by atoms with Crippen molar-refractivity contribution in [1.82, 2.24) is 0 Å². The van der Waals surface area contributed by atoms with Gasteiger partial charge < -0.3 is 9.84 Å². The predicted octanol–water partition coefficient (Wildman–Crippen LogP) is 4.72. The maximum atomic E-state index is 10.7. The Balaban J connectivity index is 1.65. The Morgan fingerprint density at radius 1 is 1.13 bits per heavy atom. The molecule has 0 aliphatic heterocycles. The van der Waals surface area contributed by atoms with Gasteiger partial charge in [-0.1, -0.05) is 25.5 Å². The fourth-order valence-corrected chi connectivity index (χ4v) is 7.26. The van der Waals surface area contributed by atoms with Gasteiger partial charge in [0.25, 0.3) is 0 Å². The highest BCUT2D eigenvalue weighted by Gasteiger charge is 2.59. The molecule has 2 heteroatoms. The van der Waals surface area contributed by atoms with E-state index in [0.29, 0.717) is 22.9 Å². The molecular formula is C21H34O2. The van der Waals surface area contributed by atoms with E-state index in [9.17, 15) is 5.11 Å². The van der Waals surface area contributed by atoms with Crippen LogP contribution in [-0.2, 0) is 4.74 Å². The highest BCUT2D eigenvalue weighted by atomic mass is 16.5. The summed E-state index contributed by atoms with van der Waals surface area (Å²) < 4.78 is 5.66. The normalized spacial score (nSPS) is 55.6. The molecule has 7 atom stereocenters. The van der Waals surface area contributed by atoms with Crippen molar-refractivity contribution < 1.29 is 9.84 Å². The van der Waals surface area contributed by atoms with Crippen LogP contribution in [-0.4, -0.2) is 23.9 Å². The van der Waals surface area contributed by atoms with Gasteiger partial charge in [0.1, 0.15) is 0 Å². The number of rotatable bonds is 1. The lowest BCUT2D eigenvalue weighted by Crippen LogP contribution is -2.49. The largest absolute Gasteiger partial charge is 0.390 e. The van der Waals surface area contributed by atoms with E-state index in [1.165, 1.54) is 32.1 Å². The van der Waals surface area contributed by atoms with Crippen LogP contribution in [0.25, 0.3) is 0 Å². The zero-order valence-electron chi connectivity index (χ0n) is 15.4. The monoisotopic (exact) mass is 318 g/mol. The Morgan fingerprint density at radius 2 is 1.91 bits per heavy atom. The number of hydrogen-bond donors (Lipinski definition) is 1. The first kappa shape index (κ1) is 16.1. The Labute approximate surface area is 141 Å². The van der Waals surface area contributed by atoms with Crippen molar-refractivity contribution >= 4 is 0 Å². The molecule has 0 radical (unpaired) electrons. The predicted molar refractivity (Wildman–Crippen MR) is 93.1 cm³/mol. The number of hydrogen-bond acceptors (Lipinski definition) is 2. The van der Waals surface area contributed by atoms with Gasteiger partial charge in [0, 0.05) is 7.11 Å². The van der Waals surface area contributed by atoms with E-state index in [1.54, 1.807) is 5.57 Å². The van der Waals surface area contributed by atoms with Crippen molar-refractivity contribution in [1.29, 1.82) is 0 Å². The molecule has 3 fully saturated rings. The number of methoxy groups -OCH3 is 1. The summed E-state index contributed by atoms with van der Waals surface area (Å²) in [5.74, 6) is 2.33. The minimum absolute atomic E-state index is 0.371. The van der Waals surface area contributed by atoms with Crippen LogP contribution in [0.15, 0.2) is 11.6 Å². The van der Waals surface area contributed by atoms with Gasteiger partial charge in [-0.15, -0.1) is 0 Å². The fourth-order valence-electron chi connectivity index (χ4n) is 7.26. The Hall–Kier alpha value is -0.340. The zero-order valence-corrected chi connectivity index (χ0v) is 15.4. The van der Waals surface area contributed by atoms with Gasteiger partial charge in [0.05, 0.1) is 11.7 Å². The molecule has 4 aliphatic rings. The number of fused-ring (bicyclic) bond motifs is 5. The number of aliphatic hydroxyl groups is 1. The van der Waals surface area contributed by atoms with Crippen LogP contribution >= 0.6 is 0 Å². The SMILES string of the molecule is CO[C@@H]1CC[C@@]2(C)C(=CC[C@H]3[C@@H]4C[C@@](C)(O)C[C@@]4(C)CC[C@@H]32)C1. The first-order chi connectivity index (χ1) is 10.8. The van der Waals surface area contributed by atoms with Crippen LogP contribution in [0.3, 0.4) is 0 Å². The van der Waals surface area contributed by atoms with Gasteiger partial charge >= 0.3 is 0 Å². The van der Waals surface area contributed by atoms with E-state index in [-0.39, 0.29) is 0 Å². The molecular weight excluding hydrogens is 284 g/mol. The second-order valence-corrected chi connectivity index (χ2v) is 9.93. The summed E-state index contributed by atoms with van der Waals surface area (Å²) in [6, 6.07) is 0. The molecule has 0 amide bonds. The summed E-state index contributed by atoms with van der Waals surface area (Å²) >= 11 is 0. The Morgan fingerprint density at radius 3 is 2.65 bits per heavy atom. The lowest BCUT2D eigenvalue weighted by Gasteiger charge is -2.57. The summed E-state index contributed by atoms with van der Waals surface area (Å²) in [4.78, 5) is 0. The van der Waals surface area contributed by atoms with Gasteiger partial charge in [-0.3, -0.25) is 0 Å². The third kappa shape index (κ3) is 2.35. The van der Waals surface area contributed by atoms with Crippen LogP contribution in [0.2, 0.25) is 0 Å². The maximum Gasteiger partial charge on any atom is 0.0628 e. The Kier molecular flexibility index (Phi) is 3.57. The van der Waals surface area contributed by atoms with Gasteiger partial charge in [0.15, 0.2) is 0 Å². The van der Waals surface area contributed by atoms with Crippen molar-refractivity contribution in [2.24, 2.45) is 28.6 Å². The van der Waals surface area contributed by atoms with Crippen molar-refractivity contribution in [2.45, 2.75) is 83.8 Å². The van der Waals surface area contributed by atoms with E-state index in [1.807, 2.05) is 7.11 Å². The van der Waals surface area contributed by atoms with Gasteiger partial charge in [-0.25, -0.2) is 0 Å². The van der Waals surface area contributed by atoms with Gasteiger partial charge in [-0.2, -0.15) is 0 Å². The molecule has 0 spiro atoms. The average molecular weight is 319 g/mol. The van der Waals surface area contributed by atoms with Crippen LogP contribution in [0.1, 0.15) is 72.1 Å². The van der Waals surface area contributed by atoms with Crippen molar-refractivity contribution in [3.8, 4) is 0 Å². The lowest BCUT2D eigenvalue weighted by atomic mass is 9.48. The summed E-state index contributed by atoms with van der Waals surface area (Å²) in [7, 11) is 1.87. The summed E-state index contributed by atoms with van der Waals surface area (Å²) in [6.45, 7) is 7.07. The van der Waals surface area contributed by atoms with E-state index < -0.39 is 5.60 Å². The van der Waals surface area contributed by atoms with E-state index in [4.69, 9.17) is 4.74 Å². The third-order valence-electron chi connectivity index (χ3n) is 8.35. The molecule has 4 aliphatic carbocycles. The highest BCUT2D eigenvalue weighted by Crippen LogP contribution is 2.66.